The topological polar surface area (TPSA) is 93.5 Å². The molecule has 0 radical (unpaired) electrons. The molecule has 0 N–H and O–H groups in total. The van der Waals surface area contributed by atoms with Gasteiger partial charge in [-0.25, -0.2) is 13.4 Å². The van der Waals surface area contributed by atoms with Crippen LogP contribution in [0.25, 0.3) is 0 Å². The minimum absolute atomic E-state index is 0.0563. The molecule has 0 aromatic carbocycles. The van der Waals surface area contributed by atoms with Gasteiger partial charge in [0.1, 0.15) is 6.10 Å². The van der Waals surface area contributed by atoms with Crippen LogP contribution in [0.2, 0.25) is 0 Å². The van der Waals surface area contributed by atoms with Crippen LogP contribution in [0.3, 0.4) is 0 Å². The second kappa shape index (κ2) is 6.36. The van der Waals surface area contributed by atoms with E-state index in [2.05, 4.69) is 15.2 Å². The molecule has 1 unspecified atom stereocenters. The molecule has 1 atom stereocenters. The van der Waals surface area contributed by atoms with Crippen molar-refractivity contribution in [3.63, 3.8) is 0 Å². The van der Waals surface area contributed by atoms with Crippen LogP contribution in [-0.2, 0) is 17.1 Å². The smallest absolute Gasteiger partial charge is 0.262 e. The number of aromatic nitrogens is 4. The van der Waals surface area contributed by atoms with Gasteiger partial charge in [0.2, 0.25) is 5.88 Å². The zero-order valence-electron chi connectivity index (χ0n) is 13.8. The summed E-state index contributed by atoms with van der Waals surface area (Å²) in [5.74, 6) is 1.12. The van der Waals surface area contributed by atoms with E-state index in [9.17, 15) is 8.42 Å². The summed E-state index contributed by atoms with van der Waals surface area (Å²) in [5, 5.41) is 8.12. The first-order valence-corrected chi connectivity index (χ1v) is 8.96. The lowest BCUT2D eigenvalue weighted by Crippen LogP contribution is -2.31. The molecule has 2 aromatic heterocycles. The number of hydrogen-bond acceptors (Lipinski definition) is 7. The van der Waals surface area contributed by atoms with Gasteiger partial charge >= 0.3 is 0 Å². The SMILES string of the molecule is CN(C)c1ccc(OC2CCN(S(=O)(=O)c3cn(C)cn3)C2)nn1. The fraction of sp³-hybridized carbons (Fsp3) is 0.500. The maximum atomic E-state index is 12.5. The third-order valence-electron chi connectivity index (χ3n) is 3.76. The number of imidazole rings is 1. The van der Waals surface area contributed by atoms with E-state index in [1.807, 2.05) is 19.0 Å². The molecule has 0 saturated carbocycles. The van der Waals surface area contributed by atoms with Gasteiger partial charge in [-0.1, -0.05) is 0 Å². The molecule has 1 aliphatic heterocycles. The van der Waals surface area contributed by atoms with Gasteiger partial charge in [-0.2, -0.15) is 4.31 Å². The van der Waals surface area contributed by atoms with E-state index < -0.39 is 10.0 Å². The first kappa shape index (κ1) is 16.7. The van der Waals surface area contributed by atoms with Crippen LogP contribution in [0.4, 0.5) is 5.82 Å². The van der Waals surface area contributed by atoms with Crippen molar-refractivity contribution in [2.45, 2.75) is 17.6 Å². The standard InChI is InChI=1S/C14H20N6O3S/c1-18(2)12-4-5-13(17-16-12)23-11-6-7-20(8-11)24(21,22)14-9-19(3)10-15-14/h4-5,9-11H,6-8H2,1-3H3. The average Bonchev–Trinajstić information content (AvgIpc) is 3.17. The highest BCUT2D eigenvalue weighted by Gasteiger charge is 2.35. The summed E-state index contributed by atoms with van der Waals surface area (Å²) in [4.78, 5) is 5.77. The van der Waals surface area contributed by atoms with Crippen LogP contribution in [-0.4, -0.2) is 65.8 Å². The van der Waals surface area contributed by atoms with Gasteiger partial charge in [0.25, 0.3) is 10.0 Å². The number of hydrogen-bond donors (Lipinski definition) is 0. The Kier molecular flexibility index (Phi) is 4.41. The second-order valence-electron chi connectivity index (χ2n) is 5.89. The Bertz CT molecular complexity index is 802. The highest BCUT2D eigenvalue weighted by atomic mass is 32.2. The molecule has 10 heteroatoms. The first-order valence-electron chi connectivity index (χ1n) is 7.52. The maximum Gasteiger partial charge on any atom is 0.262 e. The fourth-order valence-corrected chi connectivity index (χ4v) is 3.90. The molecule has 0 amide bonds. The molecule has 1 saturated heterocycles. The summed E-state index contributed by atoms with van der Waals surface area (Å²) in [6.07, 6.45) is 3.32. The van der Waals surface area contributed by atoms with Crippen molar-refractivity contribution in [2.75, 3.05) is 32.1 Å². The lowest BCUT2D eigenvalue weighted by Gasteiger charge is -2.16. The van der Waals surface area contributed by atoms with Crippen LogP contribution in [0.5, 0.6) is 5.88 Å². The quantitative estimate of drug-likeness (QED) is 0.754. The van der Waals surface area contributed by atoms with E-state index in [1.54, 1.807) is 23.7 Å². The molecule has 0 spiro atoms. The highest BCUT2D eigenvalue weighted by molar-refractivity contribution is 7.89. The lowest BCUT2D eigenvalue weighted by atomic mass is 10.3. The summed E-state index contributed by atoms with van der Waals surface area (Å²) < 4.78 is 33.8. The van der Waals surface area contributed by atoms with Gasteiger partial charge in [0.15, 0.2) is 10.8 Å². The number of ether oxygens (including phenoxy) is 1. The van der Waals surface area contributed by atoms with E-state index in [4.69, 9.17) is 4.74 Å². The van der Waals surface area contributed by atoms with Gasteiger partial charge < -0.3 is 14.2 Å². The normalized spacial score (nSPS) is 18.7. The van der Waals surface area contributed by atoms with E-state index >= 15 is 0 Å². The second-order valence-corrected chi connectivity index (χ2v) is 7.78. The van der Waals surface area contributed by atoms with Crippen LogP contribution in [0.15, 0.2) is 29.7 Å². The molecule has 130 valence electrons. The molecule has 9 nitrogen and oxygen atoms in total. The van der Waals surface area contributed by atoms with Crippen molar-refractivity contribution in [3.05, 3.63) is 24.7 Å². The largest absolute Gasteiger partial charge is 0.472 e. The van der Waals surface area contributed by atoms with Crippen molar-refractivity contribution in [1.82, 2.24) is 24.1 Å². The molecule has 1 aliphatic rings. The van der Waals surface area contributed by atoms with E-state index in [0.717, 1.165) is 5.82 Å². The molecule has 0 bridgehead atoms. The molecular weight excluding hydrogens is 332 g/mol. The Balaban J connectivity index is 1.65. The van der Waals surface area contributed by atoms with E-state index in [0.29, 0.717) is 18.8 Å². The lowest BCUT2D eigenvalue weighted by molar-refractivity contribution is 0.204. The zero-order chi connectivity index (χ0) is 17.3. The minimum Gasteiger partial charge on any atom is -0.472 e. The van der Waals surface area contributed by atoms with Crippen molar-refractivity contribution < 1.29 is 13.2 Å². The van der Waals surface area contributed by atoms with Crippen molar-refractivity contribution >= 4 is 15.8 Å². The maximum absolute atomic E-state index is 12.5. The Labute approximate surface area is 140 Å². The van der Waals surface area contributed by atoms with Crippen molar-refractivity contribution in [2.24, 2.45) is 7.05 Å². The summed E-state index contributed by atoms with van der Waals surface area (Å²) in [5.41, 5.74) is 0. The summed E-state index contributed by atoms with van der Waals surface area (Å²) in [6.45, 7) is 0.669. The fourth-order valence-electron chi connectivity index (χ4n) is 2.45. The highest BCUT2D eigenvalue weighted by Crippen LogP contribution is 2.22. The van der Waals surface area contributed by atoms with E-state index in [-0.39, 0.29) is 17.7 Å². The molecule has 0 aliphatic carbocycles. The molecule has 2 aromatic rings. The Morgan fingerprint density at radius 1 is 1.29 bits per heavy atom. The molecule has 1 fully saturated rings. The number of sulfonamides is 1. The van der Waals surface area contributed by atoms with Gasteiger partial charge in [-0.05, 0) is 12.5 Å². The van der Waals surface area contributed by atoms with Crippen LogP contribution in [0.1, 0.15) is 6.42 Å². The Morgan fingerprint density at radius 3 is 2.67 bits per heavy atom. The van der Waals surface area contributed by atoms with Gasteiger partial charge in [-0.15, -0.1) is 10.2 Å². The summed E-state index contributed by atoms with van der Waals surface area (Å²) in [7, 11) is 1.91. The van der Waals surface area contributed by atoms with Crippen LogP contribution >= 0.6 is 0 Å². The third-order valence-corrected chi connectivity index (χ3v) is 5.52. The Hall–Kier alpha value is -2.20. The van der Waals surface area contributed by atoms with Gasteiger partial charge in [0.05, 0.1) is 12.9 Å². The van der Waals surface area contributed by atoms with Crippen molar-refractivity contribution in [1.29, 1.82) is 0 Å². The predicted octanol–water partition coefficient (Wildman–Crippen LogP) is 0.118. The molecule has 3 heterocycles. The number of nitrogens with zero attached hydrogens (tertiary/aromatic N) is 6. The first-order chi connectivity index (χ1) is 11.4. The predicted molar refractivity (Wildman–Crippen MR) is 87.4 cm³/mol. The number of rotatable bonds is 5. The summed E-state index contributed by atoms with van der Waals surface area (Å²) in [6, 6.07) is 3.54. The monoisotopic (exact) mass is 352 g/mol. The molecule has 3 rings (SSSR count). The molecular formula is C14H20N6O3S. The molecule has 24 heavy (non-hydrogen) atoms. The number of anilines is 1. The Morgan fingerprint density at radius 2 is 2.08 bits per heavy atom. The third kappa shape index (κ3) is 3.34. The van der Waals surface area contributed by atoms with Gasteiger partial charge in [-0.3, -0.25) is 0 Å². The van der Waals surface area contributed by atoms with Gasteiger partial charge in [0, 0.05) is 40.0 Å². The minimum atomic E-state index is -3.58. The van der Waals surface area contributed by atoms with Crippen LogP contribution < -0.4 is 9.64 Å². The summed E-state index contributed by atoms with van der Waals surface area (Å²) >= 11 is 0. The van der Waals surface area contributed by atoms with E-state index in [1.165, 1.54) is 16.8 Å². The number of aryl methyl sites for hydroxylation is 1. The van der Waals surface area contributed by atoms with Crippen molar-refractivity contribution in [3.8, 4) is 5.88 Å². The zero-order valence-corrected chi connectivity index (χ0v) is 14.6. The van der Waals surface area contributed by atoms with Crippen LogP contribution in [0, 0.1) is 0 Å². The average molecular weight is 352 g/mol.